The Morgan fingerprint density at radius 3 is 2.55 bits per heavy atom. The summed E-state index contributed by atoms with van der Waals surface area (Å²) in [5, 5.41) is 1.71. The predicted molar refractivity (Wildman–Crippen MR) is 136 cm³/mol. The summed E-state index contributed by atoms with van der Waals surface area (Å²) in [6.45, 7) is -0.146. The number of halogens is 2. The Hall–Kier alpha value is -4.70. The fourth-order valence-corrected chi connectivity index (χ4v) is 6.11. The van der Waals surface area contributed by atoms with Crippen LogP contribution >= 0.6 is 11.3 Å². The Balaban J connectivity index is 1.57. The molecule has 3 aromatic carbocycles. The SMILES string of the molecule is O=C1c2oc3ccc(F)cc3c(=O)c2C2(C(=O)N(Cc3ccccc3F)c3ccccc32)N1c1nccs1. The van der Waals surface area contributed by atoms with Crippen LogP contribution in [0.15, 0.2) is 87.5 Å². The molecule has 4 heterocycles. The molecule has 2 amide bonds. The van der Waals surface area contributed by atoms with Crippen molar-refractivity contribution in [3.05, 3.63) is 123 Å². The van der Waals surface area contributed by atoms with E-state index in [0.29, 0.717) is 11.3 Å². The molecule has 10 heteroatoms. The Labute approximate surface area is 217 Å². The molecule has 1 spiro atoms. The number of hydrogen-bond donors (Lipinski definition) is 0. The lowest BCUT2D eigenvalue weighted by Gasteiger charge is -2.32. The summed E-state index contributed by atoms with van der Waals surface area (Å²) in [6, 6.07) is 16.2. The Bertz CT molecular complexity index is 1870. The van der Waals surface area contributed by atoms with E-state index in [1.165, 1.54) is 28.1 Å². The lowest BCUT2D eigenvalue weighted by Crippen LogP contribution is -2.53. The van der Waals surface area contributed by atoms with Crippen LogP contribution in [0.2, 0.25) is 0 Å². The van der Waals surface area contributed by atoms with Crippen LogP contribution in [0.4, 0.5) is 19.6 Å². The van der Waals surface area contributed by atoms with Crippen molar-refractivity contribution in [2.45, 2.75) is 12.1 Å². The largest absolute Gasteiger partial charge is 0.450 e. The zero-order chi connectivity index (χ0) is 26.2. The van der Waals surface area contributed by atoms with Crippen molar-refractivity contribution >= 4 is 44.9 Å². The number of amides is 2. The molecule has 0 saturated heterocycles. The monoisotopic (exact) mass is 527 g/mol. The van der Waals surface area contributed by atoms with Crippen LogP contribution in [0.5, 0.6) is 0 Å². The summed E-state index contributed by atoms with van der Waals surface area (Å²) >= 11 is 1.11. The van der Waals surface area contributed by atoms with Gasteiger partial charge in [-0.2, -0.15) is 0 Å². The van der Waals surface area contributed by atoms with Crippen molar-refractivity contribution in [1.82, 2.24) is 4.98 Å². The van der Waals surface area contributed by atoms with E-state index in [1.807, 2.05) is 0 Å². The third-order valence-corrected chi connectivity index (χ3v) is 7.74. The number of fused-ring (bicyclic) bond motifs is 5. The average molecular weight is 528 g/mol. The molecule has 7 nitrogen and oxygen atoms in total. The van der Waals surface area contributed by atoms with Crippen molar-refractivity contribution in [3.8, 4) is 0 Å². The van der Waals surface area contributed by atoms with Crippen LogP contribution in [-0.2, 0) is 16.9 Å². The number of para-hydroxylation sites is 1. The minimum Gasteiger partial charge on any atom is -0.450 e. The number of anilines is 2. The minimum absolute atomic E-state index is 0.0154. The molecule has 5 aromatic rings. The predicted octanol–water partition coefficient (Wildman–Crippen LogP) is 4.98. The van der Waals surface area contributed by atoms with E-state index in [2.05, 4.69) is 4.98 Å². The Kier molecular flexibility index (Phi) is 4.67. The zero-order valence-electron chi connectivity index (χ0n) is 19.4. The van der Waals surface area contributed by atoms with Crippen LogP contribution in [0.1, 0.15) is 27.2 Å². The van der Waals surface area contributed by atoms with Gasteiger partial charge in [0.05, 0.1) is 23.2 Å². The first kappa shape index (κ1) is 22.5. The smallest absolute Gasteiger partial charge is 0.297 e. The van der Waals surface area contributed by atoms with E-state index < -0.39 is 34.4 Å². The van der Waals surface area contributed by atoms with Crippen molar-refractivity contribution in [3.63, 3.8) is 0 Å². The second-order valence-electron chi connectivity index (χ2n) is 8.94. The first-order chi connectivity index (χ1) is 18.4. The molecule has 0 fully saturated rings. The molecule has 7 rings (SSSR count). The molecule has 1 atom stereocenters. The number of rotatable bonds is 3. The van der Waals surface area contributed by atoms with E-state index in [0.717, 1.165) is 23.5 Å². The molecular formula is C28H15F2N3O4S. The summed E-state index contributed by atoms with van der Waals surface area (Å²) in [5.74, 6) is -2.86. The second-order valence-corrected chi connectivity index (χ2v) is 9.81. The molecular weight excluding hydrogens is 512 g/mol. The van der Waals surface area contributed by atoms with Crippen molar-refractivity contribution in [2.24, 2.45) is 0 Å². The number of thiazole rings is 1. The van der Waals surface area contributed by atoms with Gasteiger partial charge in [0.15, 0.2) is 16.1 Å². The Morgan fingerprint density at radius 1 is 0.974 bits per heavy atom. The molecule has 1 unspecified atom stereocenters. The molecule has 186 valence electrons. The third-order valence-electron chi connectivity index (χ3n) is 6.98. The maximum atomic E-state index is 14.7. The molecule has 2 aromatic heterocycles. The van der Waals surface area contributed by atoms with Gasteiger partial charge in [0.25, 0.3) is 11.8 Å². The number of nitrogens with zero attached hydrogens (tertiary/aromatic N) is 3. The first-order valence-electron chi connectivity index (χ1n) is 11.6. The van der Waals surface area contributed by atoms with Crippen molar-refractivity contribution < 1.29 is 22.8 Å². The lowest BCUT2D eigenvalue weighted by molar-refractivity contribution is -0.121. The summed E-state index contributed by atoms with van der Waals surface area (Å²) in [7, 11) is 0. The van der Waals surface area contributed by atoms with E-state index in [1.54, 1.807) is 47.8 Å². The molecule has 0 aliphatic carbocycles. The van der Waals surface area contributed by atoms with Crippen LogP contribution < -0.4 is 15.2 Å². The standard InChI is InChI=1S/C28H15F2N3O4S/c29-16-9-10-21-17(13-16)23(34)22-24(37-21)25(35)33(27-31-11-12-38-27)28(22)18-6-2-4-8-20(18)32(26(28)36)14-15-5-1-3-7-19(15)30/h1-13H,14H2. The highest BCUT2D eigenvalue weighted by molar-refractivity contribution is 7.13. The molecule has 2 aliphatic heterocycles. The fourth-order valence-electron chi connectivity index (χ4n) is 5.42. The molecule has 2 aliphatic rings. The highest BCUT2D eigenvalue weighted by Crippen LogP contribution is 2.54. The fraction of sp³-hybridized carbons (Fsp3) is 0.0714. The van der Waals surface area contributed by atoms with Gasteiger partial charge < -0.3 is 9.32 Å². The summed E-state index contributed by atoms with van der Waals surface area (Å²) < 4.78 is 34.8. The molecule has 0 N–H and O–H groups in total. The van der Waals surface area contributed by atoms with Gasteiger partial charge >= 0.3 is 0 Å². The number of aromatic nitrogens is 1. The summed E-state index contributed by atoms with van der Waals surface area (Å²) in [6.07, 6.45) is 1.48. The number of carbonyl (C=O) groups is 2. The van der Waals surface area contributed by atoms with Gasteiger partial charge in [-0.15, -0.1) is 11.3 Å². The van der Waals surface area contributed by atoms with E-state index in [4.69, 9.17) is 4.42 Å². The third kappa shape index (κ3) is 2.80. The molecule has 0 saturated carbocycles. The van der Waals surface area contributed by atoms with Crippen LogP contribution in [0.25, 0.3) is 11.0 Å². The van der Waals surface area contributed by atoms with Crippen molar-refractivity contribution in [1.29, 1.82) is 0 Å². The van der Waals surface area contributed by atoms with Crippen LogP contribution in [-0.4, -0.2) is 16.8 Å². The number of hydrogen-bond acceptors (Lipinski definition) is 6. The van der Waals surface area contributed by atoms with Crippen LogP contribution in [0, 0.1) is 11.6 Å². The van der Waals surface area contributed by atoms with Gasteiger partial charge in [-0.25, -0.2) is 13.8 Å². The van der Waals surface area contributed by atoms with Gasteiger partial charge in [0.2, 0.25) is 5.76 Å². The van der Waals surface area contributed by atoms with Gasteiger partial charge in [0, 0.05) is 22.7 Å². The first-order valence-corrected chi connectivity index (χ1v) is 12.5. The van der Waals surface area contributed by atoms with Gasteiger partial charge in [-0.3, -0.25) is 19.3 Å². The normalized spacial score (nSPS) is 18.1. The second kappa shape index (κ2) is 7.90. The molecule has 0 bridgehead atoms. The van der Waals surface area contributed by atoms with E-state index in [-0.39, 0.29) is 39.5 Å². The van der Waals surface area contributed by atoms with E-state index in [9.17, 15) is 23.2 Å². The molecule has 38 heavy (non-hydrogen) atoms. The van der Waals surface area contributed by atoms with Gasteiger partial charge in [0.1, 0.15) is 17.2 Å². The van der Waals surface area contributed by atoms with Gasteiger partial charge in [-0.05, 0) is 30.3 Å². The highest BCUT2D eigenvalue weighted by atomic mass is 32.1. The van der Waals surface area contributed by atoms with Crippen molar-refractivity contribution in [2.75, 3.05) is 9.80 Å². The quantitative estimate of drug-likeness (QED) is 0.331. The van der Waals surface area contributed by atoms with E-state index >= 15 is 0 Å². The Morgan fingerprint density at radius 2 is 1.76 bits per heavy atom. The highest BCUT2D eigenvalue weighted by Gasteiger charge is 2.66. The maximum Gasteiger partial charge on any atom is 0.297 e. The maximum absolute atomic E-state index is 14.7. The number of benzene rings is 3. The minimum atomic E-state index is -1.98. The average Bonchev–Trinajstić information content (AvgIpc) is 3.59. The van der Waals surface area contributed by atoms with Crippen LogP contribution in [0.3, 0.4) is 0 Å². The molecule has 0 radical (unpaired) electrons. The topological polar surface area (TPSA) is 83.7 Å². The van der Waals surface area contributed by atoms with Gasteiger partial charge in [-0.1, -0.05) is 36.4 Å². The lowest BCUT2D eigenvalue weighted by atomic mass is 9.84. The number of carbonyl (C=O) groups excluding carboxylic acids is 2. The summed E-state index contributed by atoms with van der Waals surface area (Å²) in [4.78, 5) is 49.4. The zero-order valence-corrected chi connectivity index (χ0v) is 20.2. The summed E-state index contributed by atoms with van der Waals surface area (Å²) in [5.41, 5.74) is -1.89.